The Labute approximate surface area is 176 Å². The van der Waals surface area contributed by atoms with Crippen LogP contribution in [-0.2, 0) is 29.1 Å². The number of aryl methyl sites for hydroxylation is 1. The number of anilines is 1. The largest absolute Gasteiger partial charge is 0.445 e. The highest BCUT2D eigenvalue weighted by Crippen LogP contribution is 2.25. The first-order chi connectivity index (χ1) is 14.6. The van der Waals surface area contributed by atoms with E-state index in [1.807, 2.05) is 85.8 Å². The lowest BCUT2D eigenvalue weighted by Gasteiger charge is -2.35. The summed E-state index contributed by atoms with van der Waals surface area (Å²) in [4.78, 5) is 27.6. The summed E-state index contributed by atoms with van der Waals surface area (Å²) in [5.74, 6) is -0.216. The maximum Gasteiger partial charge on any atom is 0.411 e. The van der Waals surface area contributed by atoms with Crippen molar-refractivity contribution in [1.82, 2.24) is 4.90 Å². The first-order valence-electron chi connectivity index (χ1n) is 10.0. The minimum absolute atomic E-state index is 0.171. The number of amides is 2. The Morgan fingerprint density at radius 1 is 0.967 bits per heavy atom. The molecule has 0 aromatic heterocycles. The third-order valence-corrected chi connectivity index (χ3v) is 5.28. The molecule has 3 aromatic rings. The van der Waals surface area contributed by atoms with Crippen LogP contribution in [0.25, 0.3) is 0 Å². The fourth-order valence-electron chi connectivity index (χ4n) is 3.70. The van der Waals surface area contributed by atoms with Crippen molar-refractivity contribution < 1.29 is 14.3 Å². The van der Waals surface area contributed by atoms with Crippen LogP contribution in [0.3, 0.4) is 0 Å². The van der Waals surface area contributed by atoms with E-state index in [0.29, 0.717) is 13.0 Å². The molecule has 30 heavy (non-hydrogen) atoms. The van der Waals surface area contributed by atoms with E-state index in [2.05, 4.69) is 5.32 Å². The number of carbonyl (C=O) groups is 2. The zero-order valence-corrected chi connectivity index (χ0v) is 16.9. The molecule has 0 unspecified atom stereocenters. The molecule has 0 saturated heterocycles. The Kier molecular flexibility index (Phi) is 5.80. The summed E-state index contributed by atoms with van der Waals surface area (Å²) in [6.07, 6.45) is -0.0356. The number of hydrogen-bond acceptors (Lipinski definition) is 3. The van der Waals surface area contributed by atoms with E-state index >= 15 is 0 Å². The number of rotatable bonds is 4. The van der Waals surface area contributed by atoms with Crippen LogP contribution in [0.15, 0.2) is 78.9 Å². The summed E-state index contributed by atoms with van der Waals surface area (Å²) in [5.41, 5.74) is 4.80. The molecule has 1 heterocycles. The SMILES string of the molecule is Cc1cccc(NC(=O)[C@H]2Cc3ccccc3CN2C(=O)OCc2ccccc2)c1. The first kappa shape index (κ1) is 19.7. The van der Waals surface area contributed by atoms with E-state index in [-0.39, 0.29) is 12.5 Å². The molecule has 1 N–H and O–H groups in total. The van der Waals surface area contributed by atoms with E-state index < -0.39 is 12.1 Å². The molecular weight excluding hydrogens is 376 g/mol. The average molecular weight is 400 g/mol. The van der Waals surface area contributed by atoms with Gasteiger partial charge in [-0.05, 0) is 41.3 Å². The summed E-state index contributed by atoms with van der Waals surface area (Å²) >= 11 is 0. The number of carbonyl (C=O) groups excluding carboxylic acids is 2. The molecular formula is C25H24N2O3. The van der Waals surface area contributed by atoms with E-state index in [1.165, 1.54) is 4.90 Å². The monoisotopic (exact) mass is 400 g/mol. The number of nitrogens with one attached hydrogen (secondary N) is 1. The Bertz CT molecular complexity index is 1050. The predicted octanol–water partition coefficient (Wildman–Crippen LogP) is 4.70. The lowest BCUT2D eigenvalue weighted by molar-refractivity contribution is -0.121. The van der Waals surface area contributed by atoms with Crippen LogP contribution in [0.5, 0.6) is 0 Å². The molecule has 0 radical (unpaired) electrons. The zero-order chi connectivity index (χ0) is 20.9. The molecule has 0 bridgehead atoms. The summed E-state index contributed by atoms with van der Waals surface area (Å²) in [6, 6.07) is 24.4. The molecule has 1 atom stereocenters. The normalized spacial score (nSPS) is 15.2. The smallest absolute Gasteiger partial charge is 0.411 e. The van der Waals surface area contributed by atoms with Crippen molar-refractivity contribution in [2.45, 2.75) is 32.5 Å². The first-order valence-corrected chi connectivity index (χ1v) is 10.0. The number of fused-ring (bicyclic) bond motifs is 1. The Balaban J connectivity index is 1.53. The fraction of sp³-hybridized carbons (Fsp3) is 0.200. The maximum atomic E-state index is 13.1. The van der Waals surface area contributed by atoms with Crippen LogP contribution in [0, 0.1) is 6.92 Å². The molecule has 5 heteroatoms. The minimum Gasteiger partial charge on any atom is -0.445 e. The van der Waals surface area contributed by atoms with Gasteiger partial charge in [0.05, 0.1) is 6.54 Å². The van der Waals surface area contributed by atoms with Gasteiger partial charge >= 0.3 is 6.09 Å². The lowest BCUT2D eigenvalue weighted by atomic mass is 9.94. The second kappa shape index (κ2) is 8.82. The quantitative estimate of drug-likeness (QED) is 0.691. The van der Waals surface area contributed by atoms with Gasteiger partial charge in [-0.1, -0.05) is 66.7 Å². The average Bonchev–Trinajstić information content (AvgIpc) is 2.77. The molecule has 0 aliphatic carbocycles. The molecule has 152 valence electrons. The molecule has 1 aliphatic rings. The summed E-state index contributed by atoms with van der Waals surface area (Å²) in [5, 5.41) is 2.95. The standard InChI is InChI=1S/C25H24N2O3/c1-18-8-7-13-22(14-18)26-24(28)23-15-20-11-5-6-12-21(20)16-27(23)25(29)30-17-19-9-3-2-4-10-19/h2-14,23H,15-17H2,1H3,(H,26,28)/t23-/m1/s1. The van der Waals surface area contributed by atoms with Gasteiger partial charge in [0.2, 0.25) is 5.91 Å². The summed E-state index contributed by atoms with van der Waals surface area (Å²) in [7, 11) is 0. The van der Waals surface area contributed by atoms with Crippen molar-refractivity contribution in [3.8, 4) is 0 Å². The second-order valence-corrected chi connectivity index (χ2v) is 7.52. The van der Waals surface area contributed by atoms with Gasteiger partial charge in [-0.2, -0.15) is 0 Å². The van der Waals surface area contributed by atoms with Crippen molar-refractivity contribution in [1.29, 1.82) is 0 Å². The van der Waals surface area contributed by atoms with Gasteiger partial charge in [-0.15, -0.1) is 0 Å². The Morgan fingerprint density at radius 2 is 1.70 bits per heavy atom. The molecule has 1 aliphatic heterocycles. The number of benzene rings is 3. The van der Waals surface area contributed by atoms with Crippen LogP contribution in [0.2, 0.25) is 0 Å². The zero-order valence-electron chi connectivity index (χ0n) is 16.9. The number of nitrogens with zero attached hydrogens (tertiary/aromatic N) is 1. The third kappa shape index (κ3) is 4.51. The third-order valence-electron chi connectivity index (χ3n) is 5.28. The fourth-order valence-corrected chi connectivity index (χ4v) is 3.70. The Hall–Kier alpha value is -3.60. The highest BCUT2D eigenvalue weighted by Gasteiger charge is 2.35. The van der Waals surface area contributed by atoms with Gasteiger partial charge in [0.25, 0.3) is 0 Å². The van der Waals surface area contributed by atoms with E-state index in [9.17, 15) is 9.59 Å². The molecule has 4 rings (SSSR count). The van der Waals surface area contributed by atoms with E-state index in [1.54, 1.807) is 0 Å². The van der Waals surface area contributed by atoms with Gasteiger partial charge in [0.1, 0.15) is 12.6 Å². The van der Waals surface area contributed by atoms with Crippen LogP contribution in [-0.4, -0.2) is 22.9 Å². The van der Waals surface area contributed by atoms with Gasteiger partial charge < -0.3 is 10.1 Å². The molecule has 2 amide bonds. The van der Waals surface area contributed by atoms with Crippen molar-refractivity contribution in [3.63, 3.8) is 0 Å². The van der Waals surface area contributed by atoms with Crippen LogP contribution < -0.4 is 5.32 Å². The van der Waals surface area contributed by atoms with Crippen molar-refractivity contribution >= 4 is 17.7 Å². The van der Waals surface area contributed by atoms with E-state index in [0.717, 1.165) is 27.9 Å². The number of hydrogen-bond donors (Lipinski definition) is 1. The molecule has 0 fully saturated rings. The predicted molar refractivity (Wildman–Crippen MR) is 116 cm³/mol. The van der Waals surface area contributed by atoms with Crippen LogP contribution in [0.1, 0.15) is 22.3 Å². The Morgan fingerprint density at radius 3 is 2.47 bits per heavy atom. The summed E-state index contributed by atoms with van der Waals surface area (Å²) in [6.45, 7) is 2.49. The van der Waals surface area contributed by atoms with E-state index in [4.69, 9.17) is 4.74 Å². The van der Waals surface area contributed by atoms with Crippen molar-refractivity contribution in [3.05, 3.63) is 101 Å². The second-order valence-electron chi connectivity index (χ2n) is 7.52. The van der Waals surface area contributed by atoms with Crippen LogP contribution >= 0.6 is 0 Å². The van der Waals surface area contributed by atoms with Crippen LogP contribution in [0.4, 0.5) is 10.5 Å². The summed E-state index contributed by atoms with van der Waals surface area (Å²) < 4.78 is 5.54. The molecule has 5 nitrogen and oxygen atoms in total. The molecule has 3 aromatic carbocycles. The molecule has 0 saturated carbocycles. The van der Waals surface area contributed by atoms with Crippen molar-refractivity contribution in [2.24, 2.45) is 0 Å². The number of ether oxygens (including phenoxy) is 1. The highest BCUT2D eigenvalue weighted by molar-refractivity contribution is 5.97. The highest BCUT2D eigenvalue weighted by atomic mass is 16.6. The maximum absolute atomic E-state index is 13.1. The van der Waals surface area contributed by atoms with Crippen molar-refractivity contribution in [2.75, 3.05) is 5.32 Å². The van der Waals surface area contributed by atoms with Gasteiger partial charge in [-0.3, -0.25) is 9.69 Å². The van der Waals surface area contributed by atoms with Gasteiger partial charge in [0.15, 0.2) is 0 Å². The van der Waals surface area contributed by atoms with Gasteiger partial charge in [-0.25, -0.2) is 4.79 Å². The lowest BCUT2D eigenvalue weighted by Crippen LogP contribution is -2.50. The van der Waals surface area contributed by atoms with Gasteiger partial charge in [0, 0.05) is 12.1 Å². The minimum atomic E-state index is -0.635. The topological polar surface area (TPSA) is 58.6 Å². The molecule has 0 spiro atoms.